The number of methoxy groups -OCH3 is 1. The summed E-state index contributed by atoms with van der Waals surface area (Å²) in [5.74, 6) is 0.767. The fourth-order valence-electron chi connectivity index (χ4n) is 4.24. The van der Waals surface area contributed by atoms with Crippen molar-refractivity contribution in [2.24, 2.45) is 5.92 Å². The summed E-state index contributed by atoms with van der Waals surface area (Å²) in [4.78, 5) is 21.4. The van der Waals surface area contributed by atoms with Crippen LogP contribution in [0.1, 0.15) is 12.8 Å². The lowest BCUT2D eigenvalue weighted by Crippen LogP contribution is -2.52. The summed E-state index contributed by atoms with van der Waals surface area (Å²) in [6.45, 7) is 3.17. The molecule has 31 heavy (non-hydrogen) atoms. The average molecular weight is 445 g/mol. The predicted octanol–water partition coefficient (Wildman–Crippen LogP) is 1.84. The van der Waals surface area contributed by atoms with E-state index in [0.29, 0.717) is 31.9 Å². The lowest BCUT2D eigenvalue weighted by Gasteiger charge is -2.38. The first kappa shape index (κ1) is 21.6. The number of anilines is 1. The van der Waals surface area contributed by atoms with E-state index in [4.69, 9.17) is 4.74 Å². The van der Waals surface area contributed by atoms with E-state index in [1.165, 1.54) is 4.31 Å². The molecule has 2 aliphatic rings. The lowest BCUT2D eigenvalue weighted by molar-refractivity contribution is -0.137. The molecule has 0 saturated carbocycles. The molecule has 2 saturated heterocycles. The quantitative estimate of drug-likeness (QED) is 0.700. The number of nitrogens with zero attached hydrogens (tertiary/aromatic N) is 4. The van der Waals surface area contributed by atoms with E-state index in [9.17, 15) is 13.2 Å². The van der Waals surface area contributed by atoms with Gasteiger partial charge in [0.05, 0.1) is 12.0 Å². The number of carbonyl (C=O) groups is 1. The van der Waals surface area contributed by atoms with Gasteiger partial charge in [-0.05, 0) is 49.2 Å². The second kappa shape index (κ2) is 9.23. The number of ether oxygens (including phenoxy) is 1. The number of carbonyl (C=O) groups excluding carboxylic acids is 1. The Hall–Kier alpha value is -2.65. The van der Waals surface area contributed by atoms with E-state index in [-0.39, 0.29) is 16.7 Å². The highest BCUT2D eigenvalue weighted by molar-refractivity contribution is 7.89. The summed E-state index contributed by atoms with van der Waals surface area (Å²) in [6.07, 6.45) is 5.19. The first-order valence-electron chi connectivity index (χ1n) is 10.6. The second-order valence-electron chi connectivity index (χ2n) is 7.87. The van der Waals surface area contributed by atoms with Gasteiger partial charge in [0.15, 0.2) is 0 Å². The molecule has 0 spiro atoms. The highest BCUT2D eigenvalue weighted by Crippen LogP contribution is 2.26. The van der Waals surface area contributed by atoms with Crippen LogP contribution in [0.5, 0.6) is 5.75 Å². The molecule has 8 nitrogen and oxygen atoms in total. The Kier molecular flexibility index (Phi) is 6.43. The number of benzene rings is 1. The smallest absolute Gasteiger partial charge is 0.243 e. The van der Waals surface area contributed by atoms with Crippen molar-refractivity contribution >= 4 is 21.6 Å². The first-order valence-corrected chi connectivity index (χ1v) is 12.0. The van der Waals surface area contributed by atoms with Crippen LogP contribution in [0.4, 0.5) is 5.69 Å². The zero-order chi connectivity index (χ0) is 21.8. The predicted molar refractivity (Wildman–Crippen MR) is 118 cm³/mol. The summed E-state index contributed by atoms with van der Waals surface area (Å²) in [7, 11) is -2.03. The number of hydrogen-bond donors (Lipinski definition) is 0. The number of piperidine rings is 1. The van der Waals surface area contributed by atoms with Crippen molar-refractivity contribution in [2.45, 2.75) is 17.7 Å². The first-order chi connectivity index (χ1) is 15.0. The Bertz CT molecular complexity index is 982. The van der Waals surface area contributed by atoms with Gasteiger partial charge in [-0.3, -0.25) is 9.78 Å². The van der Waals surface area contributed by atoms with Crippen molar-refractivity contribution < 1.29 is 17.9 Å². The number of rotatable bonds is 5. The Morgan fingerprint density at radius 1 is 0.935 bits per heavy atom. The van der Waals surface area contributed by atoms with Crippen LogP contribution in [-0.4, -0.2) is 74.9 Å². The summed E-state index contributed by atoms with van der Waals surface area (Å²) < 4.78 is 32.4. The molecule has 1 aromatic heterocycles. The van der Waals surface area contributed by atoms with Crippen molar-refractivity contribution in [3.8, 4) is 5.75 Å². The van der Waals surface area contributed by atoms with Gasteiger partial charge < -0.3 is 14.5 Å². The summed E-state index contributed by atoms with van der Waals surface area (Å²) in [5, 5.41) is 0. The van der Waals surface area contributed by atoms with Gasteiger partial charge in [-0.15, -0.1) is 0 Å². The average Bonchev–Trinajstić information content (AvgIpc) is 2.84. The number of sulfonamides is 1. The standard InChI is InChI=1S/C22H28N4O4S/c1-30-20-2-4-21(5-3-20)31(28,29)26-16-14-25(15-17-26)22(27)18-8-12-24(13-9-18)19-6-10-23-11-7-19/h2-7,10-11,18H,8-9,12-17H2,1H3. The van der Waals surface area contributed by atoms with E-state index >= 15 is 0 Å². The molecule has 2 aromatic rings. The third kappa shape index (κ3) is 4.67. The zero-order valence-corrected chi connectivity index (χ0v) is 18.5. The van der Waals surface area contributed by atoms with Crippen molar-refractivity contribution in [1.82, 2.24) is 14.2 Å². The Morgan fingerprint density at radius 2 is 1.55 bits per heavy atom. The fourth-order valence-corrected chi connectivity index (χ4v) is 5.67. The minimum atomic E-state index is -3.57. The molecule has 3 heterocycles. The number of amides is 1. The highest BCUT2D eigenvalue weighted by Gasteiger charge is 2.33. The largest absolute Gasteiger partial charge is 0.497 e. The highest BCUT2D eigenvalue weighted by atomic mass is 32.2. The molecular formula is C22H28N4O4S. The van der Waals surface area contributed by atoms with E-state index in [0.717, 1.165) is 31.6 Å². The molecule has 2 fully saturated rings. The van der Waals surface area contributed by atoms with Crippen LogP contribution < -0.4 is 9.64 Å². The molecule has 0 bridgehead atoms. The van der Waals surface area contributed by atoms with Crippen LogP contribution >= 0.6 is 0 Å². The normalized spacial score (nSPS) is 18.7. The van der Waals surface area contributed by atoms with E-state index in [1.54, 1.807) is 43.8 Å². The molecule has 0 N–H and O–H groups in total. The van der Waals surface area contributed by atoms with Gasteiger partial charge in [-0.1, -0.05) is 0 Å². The van der Waals surface area contributed by atoms with Crippen LogP contribution in [0.2, 0.25) is 0 Å². The van der Waals surface area contributed by atoms with Gasteiger partial charge in [0.25, 0.3) is 0 Å². The zero-order valence-electron chi connectivity index (χ0n) is 17.7. The molecule has 1 aromatic carbocycles. The molecule has 0 unspecified atom stereocenters. The molecule has 0 aliphatic carbocycles. The number of pyridine rings is 1. The van der Waals surface area contributed by atoms with Gasteiger partial charge in [-0.25, -0.2) is 8.42 Å². The molecule has 0 atom stereocenters. The van der Waals surface area contributed by atoms with E-state index in [2.05, 4.69) is 9.88 Å². The molecule has 166 valence electrons. The monoisotopic (exact) mass is 444 g/mol. The van der Waals surface area contributed by atoms with Gasteiger partial charge in [0.2, 0.25) is 15.9 Å². The molecule has 4 rings (SSSR count). The maximum atomic E-state index is 13.0. The maximum Gasteiger partial charge on any atom is 0.243 e. The van der Waals surface area contributed by atoms with Gasteiger partial charge in [0.1, 0.15) is 5.75 Å². The molecule has 2 aliphatic heterocycles. The molecule has 1 amide bonds. The van der Waals surface area contributed by atoms with Crippen molar-refractivity contribution in [3.63, 3.8) is 0 Å². The van der Waals surface area contributed by atoms with E-state index in [1.807, 2.05) is 17.0 Å². The van der Waals surface area contributed by atoms with Crippen LogP contribution in [0.3, 0.4) is 0 Å². The number of aromatic nitrogens is 1. The molecule has 0 radical (unpaired) electrons. The van der Waals surface area contributed by atoms with Crippen LogP contribution in [0.15, 0.2) is 53.7 Å². The third-order valence-electron chi connectivity index (χ3n) is 6.12. The van der Waals surface area contributed by atoms with E-state index < -0.39 is 10.0 Å². The minimum Gasteiger partial charge on any atom is -0.497 e. The van der Waals surface area contributed by atoms with Crippen LogP contribution in [0, 0.1) is 5.92 Å². The van der Waals surface area contributed by atoms with Crippen molar-refractivity contribution in [3.05, 3.63) is 48.8 Å². The Labute approximate surface area is 183 Å². The number of piperazine rings is 1. The van der Waals surface area contributed by atoms with Gasteiger partial charge in [0, 0.05) is 63.3 Å². The second-order valence-corrected chi connectivity index (χ2v) is 9.81. The minimum absolute atomic E-state index is 0.00262. The topological polar surface area (TPSA) is 83.1 Å². The maximum absolute atomic E-state index is 13.0. The summed E-state index contributed by atoms with van der Waals surface area (Å²) >= 11 is 0. The number of hydrogen-bond acceptors (Lipinski definition) is 6. The molecule has 9 heteroatoms. The molecular weight excluding hydrogens is 416 g/mol. The van der Waals surface area contributed by atoms with Gasteiger partial charge >= 0.3 is 0 Å². The van der Waals surface area contributed by atoms with Gasteiger partial charge in [-0.2, -0.15) is 4.31 Å². The third-order valence-corrected chi connectivity index (χ3v) is 8.03. The Balaban J connectivity index is 1.31. The van der Waals surface area contributed by atoms with Crippen LogP contribution in [0.25, 0.3) is 0 Å². The van der Waals surface area contributed by atoms with Crippen molar-refractivity contribution in [1.29, 1.82) is 0 Å². The fraction of sp³-hybridized carbons (Fsp3) is 0.455. The lowest BCUT2D eigenvalue weighted by atomic mass is 9.94. The van der Waals surface area contributed by atoms with Crippen molar-refractivity contribution in [2.75, 3.05) is 51.3 Å². The summed E-state index contributed by atoms with van der Waals surface area (Å²) in [6, 6.07) is 10.4. The van der Waals surface area contributed by atoms with Crippen LogP contribution in [-0.2, 0) is 14.8 Å². The SMILES string of the molecule is COc1ccc(S(=O)(=O)N2CCN(C(=O)C3CCN(c4ccncc4)CC3)CC2)cc1. The Morgan fingerprint density at radius 3 is 2.13 bits per heavy atom. The summed E-state index contributed by atoms with van der Waals surface area (Å²) in [5.41, 5.74) is 1.14.